The Bertz CT molecular complexity index is 1160. The summed E-state index contributed by atoms with van der Waals surface area (Å²) in [5.74, 6) is -0.617. The minimum absolute atomic E-state index is 0.0640. The first-order valence-electron chi connectivity index (χ1n) is 9.92. The molecule has 144 valence electrons. The fraction of sp³-hybridized carbons (Fsp3) is 0.348. The van der Waals surface area contributed by atoms with Crippen LogP contribution in [-0.2, 0) is 22.7 Å². The van der Waals surface area contributed by atoms with Crippen molar-refractivity contribution in [3.8, 4) is 11.4 Å². The van der Waals surface area contributed by atoms with Crippen LogP contribution in [0, 0.1) is 6.92 Å². The molecule has 0 amide bonds. The van der Waals surface area contributed by atoms with Crippen molar-refractivity contribution in [3.05, 3.63) is 62.9 Å². The molecule has 1 atom stereocenters. The summed E-state index contributed by atoms with van der Waals surface area (Å²) in [6, 6.07) is 10.0. The van der Waals surface area contributed by atoms with Gasteiger partial charge in [-0.25, -0.2) is 4.98 Å². The monoisotopic (exact) mass is 376 g/mol. The molecule has 5 nitrogen and oxygen atoms in total. The first kappa shape index (κ1) is 18.4. The van der Waals surface area contributed by atoms with Gasteiger partial charge in [0.15, 0.2) is 0 Å². The second-order valence-corrected chi connectivity index (χ2v) is 7.00. The highest BCUT2D eigenvalue weighted by Gasteiger charge is 2.34. The molecule has 0 N–H and O–H groups in total. The van der Waals surface area contributed by atoms with E-state index in [1.807, 2.05) is 45.0 Å². The molecular formula is C23H24N2O3. The van der Waals surface area contributed by atoms with Crippen molar-refractivity contribution in [2.75, 3.05) is 0 Å². The van der Waals surface area contributed by atoms with Gasteiger partial charge in [-0.3, -0.25) is 9.59 Å². The SMILES string of the molecule is CC.CCC1C(=O)OCc2c1cc1n(c2=O)Cc2c-1nc1ccccc1c2C. The van der Waals surface area contributed by atoms with Gasteiger partial charge in [-0.05, 0) is 36.6 Å². The number of esters is 1. The number of aryl methyl sites for hydroxylation is 1. The Hall–Kier alpha value is -2.95. The Morgan fingerprint density at radius 2 is 1.93 bits per heavy atom. The van der Waals surface area contributed by atoms with Crippen LogP contribution in [-0.4, -0.2) is 15.5 Å². The second-order valence-electron chi connectivity index (χ2n) is 7.00. The number of para-hydroxylation sites is 1. The van der Waals surface area contributed by atoms with Crippen molar-refractivity contribution < 1.29 is 9.53 Å². The van der Waals surface area contributed by atoms with Crippen molar-refractivity contribution in [2.24, 2.45) is 0 Å². The third-order valence-electron chi connectivity index (χ3n) is 5.70. The molecule has 0 fully saturated rings. The number of carbonyl (C=O) groups excluding carboxylic acids is 1. The van der Waals surface area contributed by atoms with Gasteiger partial charge >= 0.3 is 5.97 Å². The van der Waals surface area contributed by atoms with E-state index in [1.165, 1.54) is 0 Å². The van der Waals surface area contributed by atoms with Gasteiger partial charge in [0, 0.05) is 10.9 Å². The molecule has 5 rings (SSSR count). The molecule has 5 heteroatoms. The smallest absolute Gasteiger partial charge is 0.313 e. The fourth-order valence-electron chi connectivity index (χ4n) is 4.25. The Kier molecular flexibility index (Phi) is 4.53. The number of cyclic esters (lactones) is 1. The minimum Gasteiger partial charge on any atom is -0.460 e. The van der Waals surface area contributed by atoms with E-state index >= 15 is 0 Å². The number of benzene rings is 1. The zero-order valence-corrected chi connectivity index (χ0v) is 16.7. The van der Waals surface area contributed by atoms with Gasteiger partial charge < -0.3 is 9.30 Å². The highest BCUT2D eigenvalue weighted by molar-refractivity contribution is 5.88. The molecule has 0 aliphatic carbocycles. The lowest BCUT2D eigenvalue weighted by molar-refractivity contribution is -0.148. The number of nitrogens with zero attached hydrogens (tertiary/aromatic N) is 2. The summed E-state index contributed by atoms with van der Waals surface area (Å²) in [6.07, 6.45) is 0.617. The summed E-state index contributed by atoms with van der Waals surface area (Å²) >= 11 is 0. The van der Waals surface area contributed by atoms with E-state index in [0.717, 1.165) is 39.0 Å². The first-order chi connectivity index (χ1) is 13.6. The molecule has 0 spiro atoms. The quantitative estimate of drug-likeness (QED) is 0.465. The second kappa shape index (κ2) is 6.89. The van der Waals surface area contributed by atoms with E-state index < -0.39 is 0 Å². The molecule has 2 aliphatic heterocycles. The molecule has 0 saturated carbocycles. The molecule has 4 heterocycles. The topological polar surface area (TPSA) is 61.2 Å². The number of pyridine rings is 2. The largest absolute Gasteiger partial charge is 0.460 e. The van der Waals surface area contributed by atoms with Crippen molar-refractivity contribution in [1.82, 2.24) is 9.55 Å². The van der Waals surface area contributed by atoms with Gasteiger partial charge in [0.1, 0.15) is 6.61 Å². The van der Waals surface area contributed by atoms with Crippen LogP contribution >= 0.6 is 0 Å². The number of carbonyl (C=O) groups is 1. The Labute approximate surface area is 164 Å². The summed E-state index contributed by atoms with van der Waals surface area (Å²) in [5.41, 5.74) is 6.18. The summed E-state index contributed by atoms with van der Waals surface area (Å²) in [6.45, 7) is 8.61. The van der Waals surface area contributed by atoms with Crippen molar-refractivity contribution >= 4 is 16.9 Å². The van der Waals surface area contributed by atoms with Crippen molar-refractivity contribution in [3.63, 3.8) is 0 Å². The first-order valence-corrected chi connectivity index (χ1v) is 9.92. The number of hydrogen-bond donors (Lipinski definition) is 0. The highest BCUT2D eigenvalue weighted by Crippen LogP contribution is 2.38. The zero-order valence-electron chi connectivity index (χ0n) is 16.7. The molecule has 2 aromatic heterocycles. The maximum Gasteiger partial charge on any atom is 0.313 e. The lowest BCUT2D eigenvalue weighted by Gasteiger charge is -2.24. The van der Waals surface area contributed by atoms with Crippen LogP contribution < -0.4 is 5.56 Å². The molecular weight excluding hydrogens is 352 g/mol. The van der Waals surface area contributed by atoms with Gasteiger partial charge in [0.05, 0.1) is 34.9 Å². The van der Waals surface area contributed by atoms with Crippen LogP contribution in [0.5, 0.6) is 0 Å². The Morgan fingerprint density at radius 1 is 1.18 bits per heavy atom. The standard InChI is InChI=1S/C21H18N2O3.C2H6/c1-3-12-14-8-18-19-15(11(2)13-6-4-5-7-17(13)22-19)9-23(18)20(24)16(14)10-26-21(12)25;1-2/h4-8,12H,3,9-10H2,1-2H3;1-2H3. The van der Waals surface area contributed by atoms with Crippen LogP contribution in [0.2, 0.25) is 0 Å². The molecule has 0 radical (unpaired) electrons. The maximum atomic E-state index is 13.1. The van der Waals surface area contributed by atoms with E-state index in [1.54, 1.807) is 4.57 Å². The van der Waals surface area contributed by atoms with E-state index in [0.29, 0.717) is 18.5 Å². The molecule has 28 heavy (non-hydrogen) atoms. The number of fused-ring (bicyclic) bond motifs is 5. The number of hydrogen-bond acceptors (Lipinski definition) is 4. The van der Waals surface area contributed by atoms with Crippen molar-refractivity contribution in [1.29, 1.82) is 0 Å². The molecule has 1 aromatic carbocycles. The number of aromatic nitrogens is 2. The van der Waals surface area contributed by atoms with Gasteiger partial charge in [0.2, 0.25) is 0 Å². The summed E-state index contributed by atoms with van der Waals surface area (Å²) in [5, 5.41) is 1.11. The Balaban J connectivity index is 0.000000932. The van der Waals surface area contributed by atoms with E-state index in [4.69, 9.17) is 9.72 Å². The van der Waals surface area contributed by atoms with E-state index in [-0.39, 0.29) is 24.1 Å². The van der Waals surface area contributed by atoms with Crippen LogP contribution in [0.3, 0.4) is 0 Å². The lowest BCUT2D eigenvalue weighted by Crippen LogP contribution is -2.32. The predicted octanol–water partition coefficient (Wildman–Crippen LogP) is 4.31. The van der Waals surface area contributed by atoms with Gasteiger partial charge in [0.25, 0.3) is 5.56 Å². The van der Waals surface area contributed by atoms with E-state index in [2.05, 4.69) is 13.0 Å². The molecule has 1 unspecified atom stereocenters. The van der Waals surface area contributed by atoms with E-state index in [9.17, 15) is 9.59 Å². The Morgan fingerprint density at radius 3 is 2.68 bits per heavy atom. The average Bonchev–Trinajstić information content (AvgIpc) is 3.09. The number of rotatable bonds is 1. The van der Waals surface area contributed by atoms with Gasteiger partial charge in [-0.1, -0.05) is 39.0 Å². The van der Waals surface area contributed by atoms with Crippen LogP contribution in [0.1, 0.15) is 55.4 Å². The zero-order chi connectivity index (χ0) is 20.0. The molecule has 2 aliphatic rings. The molecule has 0 bridgehead atoms. The van der Waals surface area contributed by atoms with Crippen LogP contribution in [0.15, 0.2) is 35.1 Å². The maximum absolute atomic E-state index is 13.1. The normalized spacial score (nSPS) is 16.6. The summed E-state index contributed by atoms with van der Waals surface area (Å²) in [7, 11) is 0. The summed E-state index contributed by atoms with van der Waals surface area (Å²) in [4.78, 5) is 30.1. The minimum atomic E-state index is -0.372. The van der Waals surface area contributed by atoms with Gasteiger partial charge in [-0.15, -0.1) is 0 Å². The molecule has 3 aromatic rings. The fourth-order valence-corrected chi connectivity index (χ4v) is 4.25. The van der Waals surface area contributed by atoms with Crippen LogP contribution in [0.4, 0.5) is 0 Å². The summed E-state index contributed by atoms with van der Waals surface area (Å²) < 4.78 is 7.02. The third-order valence-corrected chi connectivity index (χ3v) is 5.70. The predicted molar refractivity (Wildman–Crippen MR) is 109 cm³/mol. The molecule has 0 saturated heterocycles. The highest BCUT2D eigenvalue weighted by atomic mass is 16.5. The van der Waals surface area contributed by atoms with Gasteiger partial charge in [-0.2, -0.15) is 0 Å². The van der Waals surface area contributed by atoms with Crippen molar-refractivity contribution in [2.45, 2.75) is 53.2 Å². The van der Waals surface area contributed by atoms with Crippen LogP contribution in [0.25, 0.3) is 22.3 Å². The third kappa shape index (κ3) is 2.49. The number of ether oxygens (including phenoxy) is 1. The lowest BCUT2D eigenvalue weighted by atomic mass is 9.90. The average molecular weight is 376 g/mol.